The molecule has 1 aliphatic carbocycles. The largest absolute Gasteiger partial charge is 0.349 e. The third-order valence-corrected chi connectivity index (χ3v) is 5.64. The van der Waals surface area contributed by atoms with Crippen LogP contribution in [-0.4, -0.2) is 48.9 Å². The molecule has 2 aliphatic heterocycles. The highest BCUT2D eigenvalue weighted by atomic mass is 16.7. The molecule has 5 heteroatoms. The summed E-state index contributed by atoms with van der Waals surface area (Å²) in [5, 5.41) is 3.17. The van der Waals surface area contributed by atoms with Gasteiger partial charge >= 0.3 is 0 Å². The summed E-state index contributed by atoms with van der Waals surface area (Å²) in [6, 6.07) is 8.19. The quantitative estimate of drug-likeness (QED) is 0.912. The summed E-state index contributed by atoms with van der Waals surface area (Å²) in [5.74, 6) is -0.441. The molecule has 1 N–H and O–H groups in total. The number of amides is 1. The van der Waals surface area contributed by atoms with E-state index in [4.69, 9.17) is 9.47 Å². The molecule has 3 fully saturated rings. The van der Waals surface area contributed by atoms with Crippen molar-refractivity contribution in [3.63, 3.8) is 0 Å². The summed E-state index contributed by atoms with van der Waals surface area (Å²) >= 11 is 0. The number of ether oxygens (including phenoxy) is 2. The number of hydrogen-bond donors (Lipinski definition) is 1. The first kappa shape index (κ1) is 17.0. The minimum atomic E-state index is -0.449. The average Bonchev–Trinajstić information content (AvgIpc) is 3.28. The molecule has 0 radical (unpaired) electrons. The van der Waals surface area contributed by atoms with Crippen molar-refractivity contribution in [2.24, 2.45) is 0 Å². The van der Waals surface area contributed by atoms with Gasteiger partial charge in [-0.05, 0) is 56.5 Å². The number of benzene rings is 1. The highest BCUT2D eigenvalue weighted by molar-refractivity contribution is 5.94. The molecule has 4 rings (SSSR count). The van der Waals surface area contributed by atoms with Crippen molar-refractivity contribution in [3.8, 4) is 0 Å². The predicted molar refractivity (Wildman–Crippen MR) is 95.3 cm³/mol. The zero-order valence-electron chi connectivity index (χ0n) is 14.8. The van der Waals surface area contributed by atoms with Crippen molar-refractivity contribution in [3.05, 3.63) is 35.4 Å². The molecular formula is C20H28N2O3. The van der Waals surface area contributed by atoms with E-state index in [0.29, 0.717) is 13.2 Å². The standard InChI is InChI=1S/C20H28N2O3/c23-19(21-18-4-3-9-20(14-18)24-12-13-25-20)17-7-5-16(6-8-17)15-22-10-1-2-11-22/h5-8,18H,1-4,9-15H2,(H,21,23). The molecule has 1 unspecified atom stereocenters. The molecule has 136 valence electrons. The minimum absolute atomic E-state index is 0.00719. The maximum absolute atomic E-state index is 12.6. The molecule has 0 aromatic heterocycles. The summed E-state index contributed by atoms with van der Waals surface area (Å²) in [5.41, 5.74) is 2.01. The number of likely N-dealkylation sites (tertiary alicyclic amines) is 1. The first-order chi connectivity index (χ1) is 12.2. The lowest BCUT2D eigenvalue weighted by Gasteiger charge is -2.36. The van der Waals surface area contributed by atoms with Gasteiger partial charge in [0, 0.05) is 31.0 Å². The Morgan fingerprint density at radius 2 is 1.84 bits per heavy atom. The monoisotopic (exact) mass is 344 g/mol. The molecule has 1 spiro atoms. The highest BCUT2D eigenvalue weighted by Gasteiger charge is 2.41. The highest BCUT2D eigenvalue weighted by Crippen LogP contribution is 2.35. The van der Waals surface area contributed by atoms with Crippen LogP contribution in [0.25, 0.3) is 0 Å². The number of nitrogens with zero attached hydrogens (tertiary/aromatic N) is 1. The number of nitrogens with one attached hydrogen (secondary N) is 1. The van der Waals surface area contributed by atoms with Gasteiger partial charge in [0.05, 0.1) is 13.2 Å². The van der Waals surface area contributed by atoms with E-state index in [0.717, 1.165) is 37.8 Å². The van der Waals surface area contributed by atoms with Gasteiger partial charge in [0.1, 0.15) is 0 Å². The van der Waals surface area contributed by atoms with E-state index in [1.165, 1.54) is 31.5 Å². The van der Waals surface area contributed by atoms with E-state index < -0.39 is 5.79 Å². The summed E-state index contributed by atoms with van der Waals surface area (Å²) in [4.78, 5) is 15.0. The number of hydrogen-bond acceptors (Lipinski definition) is 4. The van der Waals surface area contributed by atoms with Crippen molar-refractivity contribution in [1.82, 2.24) is 10.2 Å². The van der Waals surface area contributed by atoms with Crippen LogP contribution in [0.3, 0.4) is 0 Å². The molecular weight excluding hydrogens is 316 g/mol. The van der Waals surface area contributed by atoms with Gasteiger partial charge in [-0.1, -0.05) is 12.1 Å². The van der Waals surface area contributed by atoms with Gasteiger partial charge in [0.15, 0.2) is 5.79 Å². The Kier molecular flexibility index (Phi) is 5.06. The van der Waals surface area contributed by atoms with E-state index in [-0.39, 0.29) is 11.9 Å². The van der Waals surface area contributed by atoms with Crippen molar-refractivity contribution >= 4 is 5.91 Å². The third-order valence-electron chi connectivity index (χ3n) is 5.64. The SMILES string of the molecule is O=C(NC1CCCC2(C1)OCCO2)c1ccc(CN2CCCC2)cc1. The van der Waals surface area contributed by atoms with Crippen LogP contribution in [0.1, 0.15) is 54.4 Å². The van der Waals surface area contributed by atoms with Gasteiger partial charge in [0.25, 0.3) is 5.91 Å². The summed E-state index contributed by atoms with van der Waals surface area (Å²) in [6.45, 7) is 4.70. The van der Waals surface area contributed by atoms with E-state index >= 15 is 0 Å². The van der Waals surface area contributed by atoms with Crippen molar-refractivity contribution in [2.75, 3.05) is 26.3 Å². The Bertz CT molecular complexity index is 589. The zero-order chi connectivity index (χ0) is 17.1. The summed E-state index contributed by atoms with van der Waals surface area (Å²) in [7, 11) is 0. The van der Waals surface area contributed by atoms with E-state index in [1.807, 2.05) is 12.1 Å². The molecule has 1 saturated carbocycles. The first-order valence-corrected chi connectivity index (χ1v) is 9.63. The summed E-state index contributed by atoms with van der Waals surface area (Å²) < 4.78 is 11.6. The smallest absolute Gasteiger partial charge is 0.251 e. The Hall–Kier alpha value is -1.43. The zero-order valence-corrected chi connectivity index (χ0v) is 14.8. The second-order valence-electron chi connectivity index (χ2n) is 7.55. The minimum Gasteiger partial charge on any atom is -0.349 e. The fourth-order valence-electron chi connectivity index (χ4n) is 4.31. The van der Waals surface area contributed by atoms with Gasteiger partial charge in [0.2, 0.25) is 0 Å². The topological polar surface area (TPSA) is 50.8 Å². The number of carbonyl (C=O) groups is 1. The van der Waals surface area contributed by atoms with Crippen LogP contribution < -0.4 is 5.32 Å². The average molecular weight is 344 g/mol. The normalized spacial score (nSPS) is 26.2. The van der Waals surface area contributed by atoms with E-state index in [2.05, 4.69) is 22.3 Å². The molecule has 1 aromatic rings. The Balaban J connectivity index is 1.32. The first-order valence-electron chi connectivity index (χ1n) is 9.63. The lowest BCUT2D eigenvalue weighted by atomic mass is 9.89. The second-order valence-corrected chi connectivity index (χ2v) is 7.55. The van der Waals surface area contributed by atoms with Crippen LogP contribution in [0.4, 0.5) is 0 Å². The van der Waals surface area contributed by atoms with Crippen molar-refractivity contribution < 1.29 is 14.3 Å². The number of carbonyl (C=O) groups excluding carboxylic acids is 1. The van der Waals surface area contributed by atoms with Crippen LogP contribution in [0, 0.1) is 0 Å². The lowest BCUT2D eigenvalue weighted by molar-refractivity contribution is -0.181. The Morgan fingerprint density at radius 3 is 2.56 bits per heavy atom. The maximum atomic E-state index is 12.6. The van der Waals surface area contributed by atoms with Crippen LogP contribution >= 0.6 is 0 Å². The fraction of sp³-hybridized carbons (Fsp3) is 0.650. The van der Waals surface area contributed by atoms with Gasteiger partial charge in [-0.25, -0.2) is 0 Å². The van der Waals surface area contributed by atoms with Crippen LogP contribution in [0.5, 0.6) is 0 Å². The van der Waals surface area contributed by atoms with E-state index in [9.17, 15) is 4.79 Å². The Labute approximate surface area is 149 Å². The third kappa shape index (κ3) is 4.05. The van der Waals surface area contributed by atoms with Crippen molar-refractivity contribution in [1.29, 1.82) is 0 Å². The van der Waals surface area contributed by atoms with Gasteiger partial charge in [-0.15, -0.1) is 0 Å². The maximum Gasteiger partial charge on any atom is 0.251 e. The molecule has 3 aliphatic rings. The number of rotatable bonds is 4. The summed E-state index contributed by atoms with van der Waals surface area (Å²) in [6.07, 6.45) is 6.32. The second kappa shape index (κ2) is 7.44. The van der Waals surface area contributed by atoms with Crippen LogP contribution in [0.2, 0.25) is 0 Å². The van der Waals surface area contributed by atoms with Gasteiger partial charge < -0.3 is 14.8 Å². The van der Waals surface area contributed by atoms with Crippen LogP contribution in [-0.2, 0) is 16.0 Å². The molecule has 2 heterocycles. The van der Waals surface area contributed by atoms with E-state index in [1.54, 1.807) is 0 Å². The lowest BCUT2D eigenvalue weighted by Crippen LogP contribution is -2.46. The molecule has 1 atom stereocenters. The molecule has 5 nitrogen and oxygen atoms in total. The van der Waals surface area contributed by atoms with Gasteiger partial charge in [-0.3, -0.25) is 9.69 Å². The van der Waals surface area contributed by atoms with Crippen LogP contribution in [0.15, 0.2) is 24.3 Å². The fourth-order valence-corrected chi connectivity index (χ4v) is 4.31. The molecule has 0 bridgehead atoms. The molecule has 1 amide bonds. The molecule has 25 heavy (non-hydrogen) atoms. The van der Waals surface area contributed by atoms with Gasteiger partial charge in [-0.2, -0.15) is 0 Å². The Morgan fingerprint density at radius 1 is 1.12 bits per heavy atom. The van der Waals surface area contributed by atoms with Crippen molar-refractivity contribution in [2.45, 2.75) is 56.9 Å². The predicted octanol–water partition coefficient (Wildman–Crippen LogP) is 2.70. The molecule has 1 aromatic carbocycles. The molecule has 2 saturated heterocycles.